The van der Waals surface area contributed by atoms with Gasteiger partial charge in [-0.15, -0.1) is 0 Å². The number of aryl methyl sites for hydroxylation is 1. The van der Waals surface area contributed by atoms with E-state index in [1.807, 2.05) is 13.1 Å². The molecule has 0 aromatic heterocycles. The Hall–Kier alpha value is -1.09. The van der Waals surface area contributed by atoms with Crippen molar-refractivity contribution in [1.82, 2.24) is 5.32 Å². The molecule has 1 atom stereocenters. The van der Waals surface area contributed by atoms with E-state index < -0.39 is 0 Å². The highest BCUT2D eigenvalue weighted by Crippen LogP contribution is 2.28. The van der Waals surface area contributed by atoms with Gasteiger partial charge < -0.3 is 10.1 Å². The fourth-order valence-corrected chi connectivity index (χ4v) is 2.66. The van der Waals surface area contributed by atoms with Crippen LogP contribution in [-0.4, -0.2) is 19.7 Å². The van der Waals surface area contributed by atoms with Gasteiger partial charge in [0.2, 0.25) is 0 Å². The highest BCUT2D eigenvalue weighted by atomic mass is 19.1. The van der Waals surface area contributed by atoms with Gasteiger partial charge in [-0.05, 0) is 44.4 Å². The van der Waals surface area contributed by atoms with Crippen LogP contribution in [0.25, 0.3) is 0 Å². The minimum absolute atomic E-state index is 0.200. The lowest BCUT2D eigenvalue weighted by Gasteiger charge is -2.23. The predicted molar refractivity (Wildman–Crippen MR) is 71.4 cm³/mol. The molecule has 3 heteroatoms. The Morgan fingerprint density at radius 3 is 2.72 bits per heavy atom. The van der Waals surface area contributed by atoms with Crippen LogP contribution in [0.15, 0.2) is 18.2 Å². The zero-order valence-corrected chi connectivity index (χ0v) is 11.2. The molecule has 1 aromatic carbocycles. The fourth-order valence-electron chi connectivity index (χ4n) is 2.66. The Balaban J connectivity index is 1.90. The van der Waals surface area contributed by atoms with E-state index in [1.54, 1.807) is 13.0 Å². The molecule has 1 aromatic rings. The van der Waals surface area contributed by atoms with Crippen LogP contribution in [-0.2, 0) is 0 Å². The maximum absolute atomic E-state index is 13.4. The van der Waals surface area contributed by atoms with Crippen LogP contribution in [0.5, 0.6) is 5.75 Å². The van der Waals surface area contributed by atoms with Crippen LogP contribution in [0, 0.1) is 18.7 Å². The first-order chi connectivity index (χ1) is 8.70. The quantitative estimate of drug-likeness (QED) is 0.867. The van der Waals surface area contributed by atoms with E-state index in [2.05, 4.69) is 5.32 Å². The molecule has 0 radical (unpaired) electrons. The summed E-state index contributed by atoms with van der Waals surface area (Å²) in [6.07, 6.45) is 5.19. The molecule has 1 N–H and O–H groups in total. The van der Waals surface area contributed by atoms with Crippen LogP contribution in [0.2, 0.25) is 0 Å². The van der Waals surface area contributed by atoms with Crippen LogP contribution in [0.4, 0.5) is 4.39 Å². The van der Waals surface area contributed by atoms with E-state index in [-0.39, 0.29) is 5.82 Å². The first kappa shape index (κ1) is 13.3. The van der Waals surface area contributed by atoms with E-state index in [0.29, 0.717) is 29.9 Å². The highest BCUT2D eigenvalue weighted by molar-refractivity contribution is 5.28. The van der Waals surface area contributed by atoms with Crippen molar-refractivity contribution in [3.63, 3.8) is 0 Å². The predicted octanol–water partition coefficient (Wildman–Crippen LogP) is 3.29. The average Bonchev–Trinajstić information content (AvgIpc) is 2.88. The molecule has 2 nitrogen and oxygen atoms in total. The number of hydrogen-bond acceptors (Lipinski definition) is 2. The first-order valence-corrected chi connectivity index (χ1v) is 6.77. The van der Waals surface area contributed by atoms with Gasteiger partial charge in [-0.1, -0.05) is 18.9 Å². The second-order valence-electron chi connectivity index (χ2n) is 5.16. The topological polar surface area (TPSA) is 21.3 Å². The monoisotopic (exact) mass is 251 g/mol. The summed E-state index contributed by atoms with van der Waals surface area (Å²) in [5.74, 6) is 1.12. The number of likely N-dealkylation sites (N-methyl/N-ethyl adjacent to an activating group) is 1. The minimum Gasteiger partial charge on any atom is -0.492 e. The third-order valence-corrected chi connectivity index (χ3v) is 3.91. The van der Waals surface area contributed by atoms with E-state index >= 15 is 0 Å². The van der Waals surface area contributed by atoms with Crippen LogP contribution in [0.3, 0.4) is 0 Å². The Morgan fingerprint density at radius 1 is 1.39 bits per heavy atom. The van der Waals surface area contributed by atoms with Crippen molar-refractivity contribution in [1.29, 1.82) is 0 Å². The summed E-state index contributed by atoms with van der Waals surface area (Å²) in [7, 11) is 1.97. The standard InChI is InChI=1S/C15H22FNO/c1-11-7-8-13(9-14(11)16)18-10-15(17-2)12-5-3-4-6-12/h7-9,12,15,17H,3-6,10H2,1-2H3. The van der Waals surface area contributed by atoms with E-state index in [9.17, 15) is 4.39 Å². The molecular weight excluding hydrogens is 229 g/mol. The lowest BCUT2D eigenvalue weighted by Crippen LogP contribution is -2.37. The van der Waals surface area contributed by atoms with Crippen molar-refractivity contribution in [2.45, 2.75) is 38.6 Å². The van der Waals surface area contributed by atoms with E-state index in [1.165, 1.54) is 31.7 Å². The van der Waals surface area contributed by atoms with Crippen molar-refractivity contribution < 1.29 is 9.13 Å². The Labute approximate surface area is 109 Å². The number of ether oxygens (including phenoxy) is 1. The maximum Gasteiger partial charge on any atom is 0.129 e. The van der Waals surface area contributed by atoms with Gasteiger partial charge in [-0.3, -0.25) is 0 Å². The molecule has 2 rings (SSSR count). The minimum atomic E-state index is -0.200. The third kappa shape index (κ3) is 3.22. The number of rotatable bonds is 5. The molecule has 1 aliphatic rings. The van der Waals surface area contributed by atoms with Gasteiger partial charge in [0.25, 0.3) is 0 Å². The molecule has 0 aliphatic heterocycles. The highest BCUT2D eigenvalue weighted by Gasteiger charge is 2.24. The molecule has 1 saturated carbocycles. The summed E-state index contributed by atoms with van der Waals surface area (Å²) in [4.78, 5) is 0. The van der Waals surface area contributed by atoms with E-state index in [4.69, 9.17) is 4.74 Å². The molecule has 100 valence electrons. The zero-order chi connectivity index (χ0) is 13.0. The molecule has 0 heterocycles. The summed E-state index contributed by atoms with van der Waals surface area (Å²) >= 11 is 0. The Kier molecular flexibility index (Phi) is 4.59. The number of benzene rings is 1. The van der Waals surface area contributed by atoms with Crippen molar-refractivity contribution in [3.05, 3.63) is 29.6 Å². The molecule has 0 bridgehead atoms. The van der Waals surface area contributed by atoms with Gasteiger partial charge in [0, 0.05) is 12.1 Å². The van der Waals surface area contributed by atoms with E-state index in [0.717, 1.165) is 0 Å². The smallest absolute Gasteiger partial charge is 0.129 e. The summed E-state index contributed by atoms with van der Waals surface area (Å²) < 4.78 is 19.1. The number of nitrogens with one attached hydrogen (secondary N) is 1. The molecular formula is C15H22FNO. The van der Waals surface area contributed by atoms with Gasteiger partial charge in [-0.25, -0.2) is 4.39 Å². The van der Waals surface area contributed by atoms with Gasteiger partial charge in [0.15, 0.2) is 0 Å². The maximum atomic E-state index is 13.4. The fraction of sp³-hybridized carbons (Fsp3) is 0.600. The second kappa shape index (κ2) is 6.19. The Bertz CT molecular complexity index is 388. The third-order valence-electron chi connectivity index (χ3n) is 3.91. The molecule has 0 spiro atoms. The van der Waals surface area contributed by atoms with Gasteiger partial charge in [0.1, 0.15) is 18.2 Å². The van der Waals surface area contributed by atoms with Crippen LogP contribution < -0.4 is 10.1 Å². The molecule has 1 fully saturated rings. The lowest BCUT2D eigenvalue weighted by atomic mass is 9.99. The average molecular weight is 251 g/mol. The zero-order valence-electron chi connectivity index (χ0n) is 11.2. The van der Waals surface area contributed by atoms with Crippen molar-refractivity contribution in [2.24, 2.45) is 5.92 Å². The number of hydrogen-bond donors (Lipinski definition) is 1. The molecule has 18 heavy (non-hydrogen) atoms. The van der Waals surface area contributed by atoms with Crippen molar-refractivity contribution in [2.75, 3.05) is 13.7 Å². The van der Waals surface area contributed by atoms with Crippen LogP contribution in [0.1, 0.15) is 31.2 Å². The Morgan fingerprint density at radius 2 is 2.11 bits per heavy atom. The van der Waals surface area contributed by atoms with Crippen molar-refractivity contribution in [3.8, 4) is 5.75 Å². The normalized spacial score (nSPS) is 17.9. The number of halogens is 1. The second-order valence-corrected chi connectivity index (χ2v) is 5.16. The first-order valence-electron chi connectivity index (χ1n) is 6.77. The van der Waals surface area contributed by atoms with Gasteiger partial charge in [-0.2, -0.15) is 0 Å². The molecule has 0 saturated heterocycles. The summed E-state index contributed by atoms with van der Waals surface area (Å²) in [6, 6.07) is 5.43. The van der Waals surface area contributed by atoms with Crippen molar-refractivity contribution >= 4 is 0 Å². The molecule has 1 unspecified atom stereocenters. The SMILES string of the molecule is CNC(COc1ccc(C)c(F)c1)C1CCCC1. The van der Waals surface area contributed by atoms with Gasteiger partial charge >= 0.3 is 0 Å². The van der Waals surface area contributed by atoms with Gasteiger partial charge in [0.05, 0.1) is 0 Å². The molecule has 1 aliphatic carbocycles. The van der Waals surface area contributed by atoms with Crippen LogP contribution >= 0.6 is 0 Å². The lowest BCUT2D eigenvalue weighted by molar-refractivity contribution is 0.224. The summed E-state index contributed by atoms with van der Waals surface area (Å²) in [6.45, 7) is 2.37. The molecule has 0 amide bonds. The largest absolute Gasteiger partial charge is 0.492 e. The summed E-state index contributed by atoms with van der Waals surface area (Å²) in [5, 5.41) is 3.32. The summed E-state index contributed by atoms with van der Waals surface area (Å²) in [5.41, 5.74) is 0.656.